The molecule has 1 aromatic heterocycles. The van der Waals surface area contributed by atoms with E-state index in [1.54, 1.807) is 0 Å². The molecule has 1 heterocycles. The molecule has 8 heteroatoms. The first-order chi connectivity index (χ1) is 10.3. The second-order valence-corrected chi connectivity index (χ2v) is 7.54. The minimum atomic E-state index is -3.77. The number of sulfonamides is 1. The van der Waals surface area contributed by atoms with Gasteiger partial charge in [-0.3, -0.25) is 4.79 Å². The Morgan fingerprint density at radius 2 is 2.09 bits per heavy atom. The number of carbonyl (C=O) groups is 1. The second kappa shape index (κ2) is 6.55. The van der Waals surface area contributed by atoms with Crippen molar-refractivity contribution in [3.05, 3.63) is 46.4 Å². The molecule has 2 aromatic rings. The van der Waals surface area contributed by atoms with E-state index in [0.29, 0.717) is 0 Å². The SMILES string of the molecule is CC(=O)Nc1cc(S(=O)(=O)N(C)Cc2ccsc2)ccc1F. The van der Waals surface area contributed by atoms with Crippen LogP contribution in [0, 0.1) is 5.82 Å². The van der Waals surface area contributed by atoms with Gasteiger partial charge in [-0.2, -0.15) is 15.6 Å². The highest BCUT2D eigenvalue weighted by atomic mass is 32.2. The zero-order chi connectivity index (χ0) is 16.3. The van der Waals surface area contributed by atoms with E-state index < -0.39 is 21.7 Å². The molecule has 1 amide bonds. The van der Waals surface area contributed by atoms with Gasteiger partial charge in [-0.25, -0.2) is 12.8 Å². The average Bonchev–Trinajstić information content (AvgIpc) is 2.93. The summed E-state index contributed by atoms with van der Waals surface area (Å²) < 4.78 is 39.8. The van der Waals surface area contributed by atoms with E-state index in [-0.39, 0.29) is 17.1 Å². The third-order valence-corrected chi connectivity index (χ3v) is 5.47. The summed E-state index contributed by atoms with van der Waals surface area (Å²) in [5, 5.41) is 6.00. The Morgan fingerprint density at radius 3 is 2.68 bits per heavy atom. The number of nitrogens with one attached hydrogen (secondary N) is 1. The van der Waals surface area contributed by atoms with Crippen LogP contribution in [0.2, 0.25) is 0 Å². The lowest BCUT2D eigenvalue weighted by atomic mass is 10.3. The van der Waals surface area contributed by atoms with E-state index in [9.17, 15) is 17.6 Å². The van der Waals surface area contributed by atoms with Crippen molar-refractivity contribution in [2.75, 3.05) is 12.4 Å². The smallest absolute Gasteiger partial charge is 0.243 e. The van der Waals surface area contributed by atoms with Crippen molar-refractivity contribution in [1.29, 1.82) is 0 Å². The zero-order valence-electron chi connectivity index (χ0n) is 12.0. The van der Waals surface area contributed by atoms with Gasteiger partial charge in [0.1, 0.15) is 5.82 Å². The van der Waals surface area contributed by atoms with Crippen LogP contribution in [0.5, 0.6) is 0 Å². The maximum Gasteiger partial charge on any atom is 0.243 e. The van der Waals surface area contributed by atoms with E-state index in [1.807, 2.05) is 16.8 Å². The maximum atomic E-state index is 13.6. The predicted molar refractivity (Wildman–Crippen MR) is 83.7 cm³/mol. The van der Waals surface area contributed by atoms with E-state index >= 15 is 0 Å². The first-order valence-electron chi connectivity index (χ1n) is 6.35. The van der Waals surface area contributed by atoms with Gasteiger partial charge in [0.2, 0.25) is 15.9 Å². The molecule has 22 heavy (non-hydrogen) atoms. The number of rotatable bonds is 5. The summed E-state index contributed by atoms with van der Waals surface area (Å²) >= 11 is 1.48. The third kappa shape index (κ3) is 3.70. The molecule has 5 nitrogen and oxygen atoms in total. The van der Waals surface area contributed by atoms with Gasteiger partial charge in [0.05, 0.1) is 10.6 Å². The molecule has 0 radical (unpaired) electrons. The maximum absolute atomic E-state index is 13.6. The Kier molecular flexibility index (Phi) is 4.94. The number of nitrogens with zero attached hydrogens (tertiary/aromatic N) is 1. The lowest BCUT2D eigenvalue weighted by Crippen LogP contribution is -2.26. The lowest BCUT2D eigenvalue weighted by Gasteiger charge is -2.17. The Hall–Kier alpha value is -1.77. The first kappa shape index (κ1) is 16.6. The normalized spacial score (nSPS) is 11.6. The van der Waals surface area contributed by atoms with Gasteiger partial charge >= 0.3 is 0 Å². The number of amides is 1. The van der Waals surface area contributed by atoms with Crippen molar-refractivity contribution in [2.45, 2.75) is 18.4 Å². The second-order valence-electron chi connectivity index (χ2n) is 4.72. The molecule has 1 aromatic carbocycles. The summed E-state index contributed by atoms with van der Waals surface area (Å²) in [5.41, 5.74) is 0.720. The largest absolute Gasteiger partial charge is 0.324 e. The van der Waals surface area contributed by atoms with Gasteiger partial charge in [-0.1, -0.05) is 0 Å². The number of hydrogen-bond donors (Lipinski definition) is 1. The number of hydrogen-bond acceptors (Lipinski definition) is 4. The van der Waals surface area contributed by atoms with Crippen molar-refractivity contribution < 1.29 is 17.6 Å². The highest BCUT2D eigenvalue weighted by Crippen LogP contribution is 2.23. The summed E-state index contributed by atoms with van der Waals surface area (Å²) in [5.74, 6) is -1.16. The number of thiophene rings is 1. The molecule has 0 unspecified atom stereocenters. The molecule has 118 valence electrons. The summed E-state index contributed by atoms with van der Waals surface area (Å²) in [6.07, 6.45) is 0. The Bertz CT molecular complexity index is 773. The number of halogens is 1. The van der Waals surface area contributed by atoms with Crippen molar-refractivity contribution in [1.82, 2.24) is 4.31 Å². The Balaban J connectivity index is 2.30. The fourth-order valence-electron chi connectivity index (χ4n) is 1.85. The highest BCUT2D eigenvalue weighted by molar-refractivity contribution is 7.89. The van der Waals surface area contributed by atoms with Crippen LogP contribution < -0.4 is 5.32 Å². The fourth-order valence-corrected chi connectivity index (χ4v) is 3.70. The average molecular weight is 342 g/mol. The van der Waals surface area contributed by atoms with E-state index in [1.165, 1.54) is 35.7 Å². The third-order valence-electron chi connectivity index (χ3n) is 2.94. The summed E-state index contributed by atoms with van der Waals surface area (Å²) in [6, 6.07) is 5.16. The quantitative estimate of drug-likeness (QED) is 0.908. The van der Waals surface area contributed by atoms with Crippen LogP contribution in [-0.2, 0) is 21.4 Å². The molecule has 0 fully saturated rings. The molecule has 0 aliphatic carbocycles. The van der Waals surface area contributed by atoms with Crippen LogP contribution in [0.25, 0.3) is 0 Å². The monoisotopic (exact) mass is 342 g/mol. The molecule has 0 saturated carbocycles. The standard InChI is InChI=1S/C14H15FN2O3S2/c1-10(18)16-14-7-12(3-4-13(14)15)22(19,20)17(2)8-11-5-6-21-9-11/h3-7,9H,8H2,1-2H3,(H,16,18). The molecule has 0 saturated heterocycles. The molecule has 0 spiro atoms. The minimum absolute atomic E-state index is 0.0737. The fraction of sp³-hybridized carbons (Fsp3) is 0.214. The summed E-state index contributed by atoms with van der Waals surface area (Å²) in [6.45, 7) is 1.45. The van der Waals surface area contributed by atoms with Gasteiger partial charge in [-0.15, -0.1) is 0 Å². The zero-order valence-corrected chi connectivity index (χ0v) is 13.7. The first-order valence-corrected chi connectivity index (χ1v) is 8.73. The minimum Gasteiger partial charge on any atom is -0.324 e. The van der Waals surface area contributed by atoms with Gasteiger partial charge in [-0.05, 0) is 40.6 Å². The molecular formula is C14H15FN2O3S2. The molecule has 0 bridgehead atoms. The van der Waals surface area contributed by atoms with Gasteiger partial charge < -0.3 is 5.32 Å². The van der Waals surface area contributed by atoms with E-state index in [0.717, 1.165) is 17.7 Å². The summed E-state index contributed by atoms with van der Waals surface area (Å²) in [4.78, 5) is 11.0. The van der Waals surface area contributed by atoms with Gasteiger partial charge in [0.25, 0.3) is 0 Å². The van der Waals surface area contributed by atoms with Gasteiger partial charge in [0, 0.05) is 20.5 Å². The molecule has 1 N–H and O–H groups in total. The highest BCUT2D eigenvalue weighted by Gasteiger charge is 2.22. The van der Waals surface area contributed by atoms with Crippen LogP contribution >= 0.6 is 11.3 Å². The lowest BCUT2D eigenvalue weighted by molar-refractivity contribution is -0.114. The summed E-state index contributed by atoms with van der Waals surface area (Å²) in [7, 11) is -2.32. The Labute approximate surface area is 132 Å². The van der Waals surface area contributed by atoms with Crippen LogP contribution in [0.3, 0.4) is 0 Å². The molecule has 0 aliphatic rings. The van der Waals surface area contributed by atoms with Crippen molar-refractivity contribution in [2.24, 2.45) is 0 Å². The van der Waals surface area contributed by atoms with Crippen LogP contribution in [0.1, 0.15) is 12.5 Å². The van der Waals surface area contributed by atoms with Crippen molar-refractivity contribution in [3.63, 3.8) is 0 Å². The topological polar surface area (TPSA) is 66.5 Å². The molecule has 0 atom stereocenters. The van der Waals surface area contributed by atoms with Crippen LogP contribution in [0.4, 0.5) is 10.1 Å². The molecular weight excluding hydrogens is 327 g/mol. The predicted octanol–water partition coefficient (Wildman–Crippen LogP) is 2.67. The van der Waals surface area contributed by atoms with Crippen molar-refractivity contribution >= 4 is 33.0 Å². The van der Waals surface area contributed by atoms with Crippen molar-refractivity contribution in [3.8, 4) is 0 Å². The van der Waals surface area contributed by atoms with E-state index in [4.69, 9.17) is 0 Å². The molecule has 2 rings (SSSR count). The molecule has 0 aliphatic heterocycles. The Morgan fingerprint density at radius 1 is 1.36 bits per heavy atom. The number of benzene rings is 1. The van der Waals surface area contributed by atoms with Crippen LogP contribution in [-0.4, -0.2) is 25.7 Å². The van der Waals surface area contributed by atoms with Crippen LogP contribution in [0.15, 0.2) is 39.9 Å². The van der Waals surface area contributed by atoms with E-state index in [2.05, 4.69) is 5.32 Å². The van der Waals surface area contributed by atoms with Gasteiger partial charge in [0.15, 0.2) is 0 Å². The number of carbonyl (C=O) groups excluding carboxylic acids is 1. The number of anilines is 1.